The van der Waals surface area contributed by atoms with E-state index in [4.69, 9.17) is 0 Å². The van der Waals surface area contributed by atoms with Gasteiger partial charge in [0.05, 0.1) is 6.04 Å². The van der Waals surface area contributed by atoms with Crippen molar-refractivity contribution in [3.8, 4) is 0 Å². The zero-order chi connectivity index (χ0) is 15.4. The summed E-state index contributed by atoms with van der Waals surface area (Å²) in [6.45, 7) is 1.65. The van der Waals surface area contributed by atoms with E-state index < -0.39 is 0 Å². The van der Waals surface area contributed by atoms with Crippen molar-refractivity contribution in [2.45, 2.75) is 38.1 Å². The van der Waals surface area contributed by atoms with Crippen LogP contribution in [0, 0.1) is 11.8 Å². The van der Waals surface area contributed by atoms with Gasteiger partial charge < -0.3 is 15.3 Å². The number of aliphatic hydroxyl groups excluding tert-OH is 1. The van der Waals surface area contributed by atoms with Gasteiger partial charge in [0.15, 0.2) is 0 Å². The van der Waals surface area contributed by atoms with Gasteiger partial charge >= 0.3 is 6.03 Å². The number of rotatable bonds is 4. The van der Waals surface area contributed by atoms with E-state index in [1.807, 2.05) is 23.1 Å². The van der Waals surface area contributed by atoms with Crippen molar-refractivity contribution in [2.75, 3.05) is 19.7 Å². The van der Waals surface area contributed by atoms with E-state index in [9.17, 15) is 9.90 Å². The number of hydrogen-bond acceptors (Lipinski definition) is 2. The Kier molecular flexibility index (Phi) is 4.98. The van der Waals surface area contributed by atoms with Crippen LogP contribution < -0.4 is 5.32 Å². The summed E-state index contributed by atoms with van der Waals surface area (Å²) in [6, 6.07) is 10.5. The Balaban J connectivity index is 1.66. The summed E-state index contributed by atoms with van der Waals surface area (Å²) in [4.78, 5) is 14.5. The Labute approximate surface area is 132 Å². The topological polar surface area (TPSA) is 52.6 Å². The summed E-state index contributed by atoms with van der Waals surface area (Å²) < 4.78 is 0. The second kappa shape index (κ2) is 7.14. The van der Waals surface area contributed by atoms with Crippen molar-refractivity contribution in [1.29, 1.82) is 0 Å². The Morgan fingerprint density at radius 2 is 2.00 bits per heavy atom. The first kappa shape index (κ1) is 15.3. The van der Waals surface area contributed by atoms with Crippen LogP contribution in [-0.4, -0.2) is 35.7 Å². The number of likely N-dealkylation sites (tertiary alicyclic amines) is 1. The van der Waals surface area contributed by atoms with Crippen LogP contribution in [0.3, 0.4) is 0 Å². The fraction of sp³-hybridized carbons (Fsp3) is 0.611. The molecule has 4 nitrogen and oxygen atoms in total. The first-order valence-corrected chi connectivity index (χ1v) is 8.49. The molecule has 1 aromatic carbocycles. The van der Waals surface area contributed by atoms with E-state index in [-0.39, 0.29) is 24.6 Å². The van der Waals surface area contributed by atoms with Crippen LogP contribution in [-0.2, 0) is 0 Å². The van der Waals surface area contributed by atoms with Gasteiger partial charge in [-0.1, -0.05) is 36.8 Å². The lowest BCUT2D eigenvalue weighted by atomic mass is 9.77. The first-order valence-electron chi connectivity index (χ1n) is 8.49. The molecule has 0 radical (unpaired) electrons. The van der Waals surface area contributed by atoms with Crippen molar-refractivity contribution in [3.05, 3.63) is 35.9 Å². The largest absolute Gasteiger partial charge is 0.396 e. The Bertz CT molecular complexity index is 487. The summed E-state index contributed by atoms with van der Waals surface area (Å²) in [7, 11) is 0. The summed E-state index contributed by atoms with van der Waals surface area (Å²) in [5, 5.41) is 12.6. The molecule has 1 heterocycles. The van der Waals surface area contributed by atoms with Crippen molar-refractivity contribution >= 4 is 6.03 Å². The van der Waals surface area contributed by atoms with Crippen LogP contribution in [0.15, 0.2) is 30.3 Å². The fourth-order valence-electron chi connectivity index (χ4n) is 3.53. The predicted octanol–water partition coefficient (Wildman–Crippen LogP) is 2.94. The van der Waals surface area contributed by atoms with Crippen LogP contribution in [0.2, 0.25) is 0 Å². The Morgan fingerprint density at radius 1 is 1.23 bits per heavy atom. The standard InChI is InChI=1S/C18H26N2O2/c21-13-14-6-5-11-20(12-14)18(22)19-17(16-9-4-10-16)15-7-2-1-3-8-15/h1-3,7-8,14,16-17,21H,4-6,9-13H2,(H,19,22). The number of nitrogens with zero attached hydrogens (tertiary/aromatic N) is 1. The molecule has 4 heteroatoms. The van der Waals surface area contributed by atoms with Gasteiger partial charge in [-0.25, -0.2) is 4.79 Å². The SMILES string of the molecule is O=C(NC(c1ccccc1)C1CCC1)N1CCCC(CO)C1. The molecule has 1 aliphatic carbocycles. The average molecular weight is 302 g/mol. The van der Waals surface area contributed by atoms with Gasteiger partial charge in [-0.2, -0.15) is 0 Å². The van der Waals surface area contributed by atoms with Gasteiger partial charge in [-0.3, -0.25) is 0 Å². The maximum absolute atomic E-state index is 12.6. The lowest BCUT2D eigenvalue weighted by Crippen LogP contribution is -2.48. The maximum atomic E-state index is 12.6. The molecule has 1 aliphatic heterocycles. The molecule has 3 rings (SSSR count). The normalized spacial score (nSPS) is 23.7. The molecule has 1 saturated carbocycles. The van der Waals surface area contributed by atoms with E-state index in [2.05, 4.69) is 17.4 Å². The van der Waals surface area contributed by atoms with E-state index in [0.717, 1.165) is 19.4 Å². The number of carbonyl (C=O) groups excluding carboxylic acids is 1. The van der Waals surface area contributed by atoms with Gasteiger partial charge in [0.1, 0.15) is 0 Å². The predicted molar refractivity (Wildman–Crippen MR) is 86.4 cm³/mol. The molecular formula is C18H26N2O2. The molecule has 2 amide bonds. The molecule has 0 spiro atoms. The minimum Gasteiger partial charge on any atom is -0.396 e. The molecule has 1 saturated heterocycles. The van der Waals surface area contributed by atoms with Crippen LogP contribution in [0.4, 0.5) is 4.79 Å². The molecule has 0 aromatic heterocycles. The van der Waals surface area contributed by atoms with E-state index in [1.165, 1.54) is 24.8 Å². The van der Waals surface area contributed by atoms with E-state index in [0.29, 0.717) is 12.5 Å². The van der Waals surface area contributed by atoms with Crippen molar-refractivity contribution in [1.82, 2.24) is 10.2 Å². The highest BCUT2D eigenvalue weighted by molar-refractivity contribution is 5.75. The number of hydrogen-bond donors (Lipinski definition) is 2. The fourth-order valence-corrected chi connectivity index (χ4v) is 3.53. The molecule has 2 aliphatic rings. The third-order valence-corrected chi connectivity index (χ3v) is 5.12. The number of urea groups is 1. The molecule has 22 heavy (non-hydrogen) atoms. The number of amides is 2. The Morgan fingerprint density at radius 3 is 2.64 bits per heavy atom. The quantitative estimate of drug-likeness (QED) is 0.898. The Hall–Kier alpha value is -1.55. The maximum Gasteiger partial charge on any atom is 0.317 e. The number of benzene rings is 1. The zero-order valence-corrected chi connectivity index (χ0v) is 13.1. The van der Waals surface area contributed by atoms with Gasteiger partial charge in [-0.05, 0) is 43.1 Å². The third kappa shape index (κ3) is 3.43. The van der Waals surface area contributed by atoms with Crippen molar-refractivity contribution < 1.29 is 9.90 Å². The average Bonchev–Trinajstić information content (AvgIpc) is 2.53. The molecule has 2 atom stereocenters. The summed E-state index contributed by atoms with van der Waals surface area (Å²) >= 11 is 0. The van der Waals surface area contributed by atoms with E-state index in [1.54, 1.807) is 0 Å². The lowest BCUT2D eigenvalue weighted by Gasteiger charge is -2.38. The minimum absolute atomic E-state index is 0.0268. The van der Waals surface area contributed by atoms with Gasteiger partial charge in [0.2, 0.25) is 0 Å². The van der Waals surface area contributed by atoms with Crippen LogP contribution in [0.5, 0.6) is 0 Å². The number of carbonyl (C=O) groups is 1. The van der Waals surface area contributed by atoms with Crippen molar-refractivity contribution in [2.24, 2.45) is 11.8 Å². The third-order valence-electron chi connectivity index (χ3n) is 5.12. The summed E-state index contributed by atoms with van der Waals surface area (Å²) in [5.41, 5.74) is 1.20. The molecule has 1 aromatic rings. The molecule has 2 fully saturated rings. The van der Waals surface area contributed by atoms with E-state index >= 15 is 0 Å². The zero-order valence-electron chi connectivity index (χ0n) is 13.1. The lowest BCUT2D eigenvalue weighted by molar-refractivity contribution is 0.123. The number of nitrogens with one attached hydrogen (secondary N) is 1. The number of aliphatic hydroxyl groups is 1. The number of piperidine rings is 1. The second-order valence-electron chi connectivity index (χ2n) is 6.67. The minimum atomic E-state index is 0.0268. The molecule has 120 valence electrons. The molecule has 2 unspecified atom stereocenters. The van der Waals surface area contributed by atoms with Crippen molar-refractivity contribution in [3.63, 3.8) is 0 Å². The first-order chi connectivity index (χ1) is 10.8. The van der Waals surface area contributed by atoms with Gasteiger partial charge in [-0.15, -0.1) is 0 Å². The van der Waals surface area contributed by atoms with Crippen LogP contribution in [0.25, 0.3) is 0 Å². The highest BCUT2D eigenvalue weighted by Gasteiger charge is 2.31. The molecule has 0 bridgehead atoms. The second-order valence-corrected chi connectivity index (χ2v) is 6.67. The summed E-state index contributed by atoms with van der Waals surface area (Å²) in [5.74, 6) is 0.795. The highest BCUT2D eigenvalue weighted by Crippen LogP contribution is 2.37. The summed E-state index contributed by atoms with van der Waals surface area (Å²) in [6.07, 6.45) is 5.65. The smallest absolute Gasteiger partial charge is 0.317 e. The monoisotopic (exact) mass is 302 g/mol. The van der Waals surface area contributed by atoms with Gasteiger partial charge in [0.25, 0.3) is 0 Å². The highest BCUT2D eigenvalue weighted by atomic mass is 16.3. The van der Waals surface area contributed by atoms with Crippen LogP contribution >= 0.6 is 0 Å². The molecule has 2 N–H and O–H groups in total. The molecular weight excluding hydrogens is 276 g/mol. The van der Waals surface area contributed by atoms with Crippen LogP contribution in [0.1, 0.15) is 43.7 Å². The van der Waals surface area contributed by atoms with Gasteiger partial charge in [0, 0.05) is 19.7 Å².